The number of para-hydroxylation sites is 1. The lowest BCUT2D eigenvalue weighted by Gasteiger charge is -2.42. The standard InChI is InChI=1S/C25H27Cl2N3O/c1-29-20-6-7-21(29)14-22(13-20)30(25(31)17-10-18(26)12-19(27)11-17)9-8-16-15-28-24-5-3-2-4-23(16)24/h2-5,10-12,15,20-22,28H,6-9,13-14H2,1H3/t20-,21-/m1/s1. The maximum atomic E-state index is 13.7. The number of aromatic amines is 1. The van der Waals surface area contributed by atoms with Crippen molar-refractivity contribution in [2.45, 2.75) is 50.2 Å². The van der Waals surface area contributed by atoms with Crippen molar-refractivity contribution < 1.29 is 4.79 Å². The molecule has 2 aliphatic heterocycles. The summed E-state index contributed by atoms with van der Waals surface area (Å²) in [6.07, 6.45) is 7.39. The highest BCUT2D eigenvalue weighted by molar-refractivity contribution is 6.35. The minimum atomic E-state index is 0.0261. The Bertz CT molecular complexity index is 1080. The zero-order chi connectivity index (χ0) is 21.5. The molecule has 0 unspecified atom stereocenters. The van der Waals surface area contributed by atoms with Gasteiger partial charge in [0.05, 0.1) is 0 Å². The van der Waals surface area contributed by atoms with Crippen molar-refractivity contribution in [3.8, 4) is 0 Å². The van der Waals surface area contributed by atoms with E-state index in [9.17, 15) is 4.79 Å². The number of amides is 1. The molecule has 3 heterocycles. The van der Waals surface area contributed by atoms with E-state index < -0.39 is 0 Å². The van der Waals surface area contributed by atoms with E-state index >= 15 is 0 Å². The van der Waals surface area contributed by atoms with Crippen LogP contribution < -0.4 is 0 Å². The molecule has 6 heteroatoms. The van der Waals surface area contributed by atoms with Gasteiger partial charge in [0.2, 0.25) is 0 Å². The summed E-state index contributed by atoms with van der Waals surface area (Å²) in [4.78, 5) is 21.6. The van der Waals surface area contributed by atoms with Gasteiger partial charge >= 0.3 is 0 Å². The Kier molecular flexibility index (Phi) is 5.72. The lowest BCUT2D eigenvalue weighted by atomic mass is 9.95. The Morgan fingerprint density at radius 3 is 2.48 bits per heavy atom. The van der Waals surface area contributed by atoms with Gasteiger partial charge in [-0.3, -0.25) is 4.79 Å². The quantitative estimate of drug-likeness (QED) is 0.528. The first kappa shape index (κ1) is 20.9. The molecule has 2 fully saturated rings. The van der Waals surface area contributed by atoms with Crippen molar-refractivity contribution in [1.29, 1.82) is 0 Å². The van der Waals surface area contributed by atoms with Crippen LogP contribution in [-0.4, -0.2) is 52.4 Å². The number of benzene rings is 2. The van der Waals surface area contributed by atoms with E-state index in [0.29, 0.717) is 34.2 Å². The number of fused-ring (bicyclic) bond motifs is 3. The summed E-state index contributed by atoms with van der Waals surface area (Å²) in [5.41, 5.74) is 2.95. The number of nitrogens with zero attached hydrogens (tertiary/aromatic N) is 2. The molecule has 0 aliphatic carbocycles. The Morgan fingerprint density at radius 1 is 1.10 bits per heavy atom. The van der Waals surface area contributed by atoms with Crippen molar-refractivity contribution >= 4 is 40.0 Å². The van der Waals surface area contributed by atoms with Gasteiger partial charge in [-0.05, 0) is 69.0 Å². The number of carbonyl (C=O) groups is 1. The molecule has 1 amide bonds. The topological polar surface area (TPSA) is 39.3 Å². The van der Waals surface area contributed by atoms with Crippen LogP contribution in [0.15, 0.2) is 48.7 Å². The molecule has 2 bridgehead atoms. The van der Waals surface area contributed by atoms with Gasteiger partial charge in [-0.2, -0.15) is 0 Å². The highest BCUT2D eigenvalue weighted by Crippen LogP contribution is 2.37. The summed E-state index contributed by atoms with van der Waals surface area (Å²) in [5.74, 6) is 0.0261. The number of H-pyrrole nitrogens is 1. The van der Waals surface area contributed by atoms with E-state index in [1.807, 2.05) is 6.07 Å². The second-order valence-electron chi connectivity index (χ2n) is 8.94. The third kappa shape index (κ3) is 4.09. The zero-order valence-electron chi connectivity index (χ0n) is 17.7. The predicted octanol–water partition coefficient (Wildman–Crippen LogP) is 5.78. The summed E-state index contributed by atoms with van der Waals surface area (Å²) < 4.78 is 0. The van der Waals surface area contributed by atoms with Gasteiger partial charge in [-0.15, -0.1) is 0 Å². The highest BCUT2D eigenvalue weighted by Gasteiger charge is 2.41. The fraction of sp³-hybridized carbons (Fsp3) is 0.400. The van der Waals surface area contributed by atoms with E-state index in [1.165, 1.54) is 23.8 Å². The third-order valence-corrected chi connectivity index (χ3v) is 7.62. The Hall–Kier alpha value is -2.01. The number of hydrogen-bond acceptors (Lipinski definition) is 2. The molecule has 1 N–H and O–H groups in total. The normalized spacial score (nSPS) is 23.4. The minimum Gasteiger partial charge on any atom is -0.361 e. The summed E-state index contributed by atoms with van der Waals surface area (Å²) in [5, 5.41) is 2.22. The predicted molar refractivity (Wildman–Crippen MR) is 127 cm³/mol. The van der Waals surface area contributed by atoms with Crippen molar-refractivity contribution in [2.24, 2.45) is 0 Å². The van der Waals surface area contributed by atoms with Gasteiger partial charge in [0.25, 0.3) is 5.91 Å². The molecule has 2 saturated heterocycles. The fourth-order valence-electron chi connectivity index (χ4n) is 5.51. The second-order valence-corrected chi connectivity index (χ2v) is 9.81. The molecule has 0 saturated carbocycles. The van der Waals surface area contributed by atoms with Gasteiger partial charge < -0.3 is 14.8 Å². The summed E-state index contributed by atoms with van der Waals surface area (Å²) >= 11 is 12.4. The molecule has 3 aromatic rings. The molecule has 31 heavy (non-hydrogen) atoms. The number of carbonyl (C=O) groups excluding carboxylic acids is 1. The van der Waals surface area contributed by atoms with Crippen LogP contribution in [0.25, 0.3) is 10.9 Å². The van der Waals surface area contributed by atoms with Crippen LogP contribution in [0.1, 0.15) is 41.6 Å². The second kappa shape index (κ2) is 8.50. The Labute approximate surface area is 193 Å². The first-order chi connectivity index (χ1) is 15.0. The van der Waals surface area contributed by atoms with Crippen LogP contribution in [-0.2, 0) is 6.42 Å². The summed E-state index contributed by atoms with van der Waals surface area (Å²) in [7, 11) is 2.23. The maximum absolute atomic E-state index is 13.7. The van der Waals surface area contributed by atoms with Gasteiger partial charge in [0.1, 0.15) is 0 Å². The molecule has 0 spiro atoms. The van der Waals surface area contributed by atoms with Crippen LogP contribution in [0, 0.1) is 0 Å². The largest absolute Gasteiger partial charge is 0.361 e. The molecule has 5 rings (SSSR count). The minimum absolute atomic E-state index is 0.0261. The third-order valence-electron chi connectivity index (χ3n) is 7.18. The molecule has 1 aromatic heterocycles. The zero-order valence-corrected chi connectivity index (χ0v) is 19.2. The van der Waals surface area contributed by atoms with Crippen molar-refractivity contribution in [2.75, 3.05) is 13.6 Å². The van der Waals surface area contributed by atoms with Gasteiger partial charge in [-0.1, -0.05) is 41.4 Å². The number of nitrogens with one attached hydrogen (secondary N) is 1. The number of aromatic nitrogens is 1. The van der Waals surface area contributed by atoms with Crippen molar-refractivity contribution in [3.05, 3.63) is 69.8 Å². The monoisotopic (exact) mass is 455 g/mol. The first-order valence-corrected chi connectivity index (χ1v) is 11.8. The van der Waals surface area contributed by atoms with Crippen molar-refractivity contribution in [3.63, 3.8) is 0 Å². The Morgan fingerprint density at radius 2 is 1.77 bits per heavy atom. The van der Waals surface area contributed by atoms with Crippen LogP contribution >= 0.6 is 23.2 Å². The smallest absolute Gasteiger partial charge is 0.254 e. The first-order valence-electron chi connectivity index (χ1n) is 11.0. The van der Waals surface area contributed by atoms with Crippen LogP contribution in [0.5, 0.6) is 0 Å². The van der Waals surface area contributed by atoms with Crippen LogP contribution in [0.4, 0.5) is 0 Å². The van der Waals surface area contributed by atoms with E-state index in [4.69, 9.17) is 23.2 Å². The van der Waals surface area contributed by atoms with E-state index in [1.54, 1.807) is 18.2 Å². The van der Waals surface area contributed by atoms with Gasteiger partial charge in [0, 0.05) is 57.4 Å². The number of halogens is 2. The lowest BCUT2D eigenvalue weighted by molar-refractivity contribution is 0.0488. The maximum Gasteiger partial charge on any atom is 0.254 e. The van der Waals surface area contributed by atoms with E-state index in [2.05, 4.69) is 46.2 Å². The molecular weight excluding hydrogens is 429 g/mol. The van der Waals surface area contributed by atoms with Crippen LogP contribution in [0.3, 0.4) is 0 Å². The molecule has 0 radical (unpaired) electrons. The lowest BCUT2D eigenvalue weighted by Crippen LogP contribution is -2.51. The molecule has 4 nitrogen and oxygen atoms in total. The van der Waals surface area contributed by atoms with Gasteiger partial charge in [0.15, 0.2) is 0 Å². The Balaban J connectivity index is 1.43. The molecule has 162 valence electrons. The molecule has 2 atom stereocenters. The van der Waals surface area contributed by atoms with Crippen LogP contribution in [0.2, 0.25) is 10.0 Å². The average molecular weight is 456 g/mol. The average Bonchev–Trinajstić information content (AvgIpc) is 3.23. The summed E-state index contributed by atoms with van der Waals surface area (Å²) in [6, 6.07) is 14.8. The van der Waals surface area contributed by atoms with Gasteiger partial charge in [-0.25, -0.2) is 0 Å². The SMILES string of the molecule is CN1[C@@H]2CC[C@@H]1CC(N(CCc1c[nH]c3ccccc13)C(=O)c1cc(Cl)cc(Cl)c1)C2. The fourth-order valence-corrected chi connectivity index (χ4v) is 6.04. The number of piperidine rings is 1. The number of hydrogen-bond donors (Lipinski definition) is 1. The molecular formula is C25H27Cl2N3O. The van der Waals surface area contributed by atoms with E-state index in [-0.39, 0.29) is 11.9 Å². The number of rotatable bonds is 5. The summed E-state index contributed by atoms with van der Waals surface area (Å²) in [6.45, 7) is 0.679. The highest BCUT2D eigenvalue weighted by atomic mass is 35.5. The molecule has 2 aromatic carbocycles. The van der Waals surface area contributed by atoms with Crippen molar-refractivity contribution in [1.82, 2.24) is 14.8 Å². The molecule has 2 aliphatic rings. The van der Waals surface area contributed by atoms with E-state index in [0.717, 1.165) is 24.8 Å².